The second kappa shape index (κ2) is 11.1. The molecule has 0 atom stereocenters. The van der Waals surface area contributed by atoms with Crippen molar-refractivity contribution >= 4 is 57.9 Å². The minimum absolute atomic E-state index is 0.374. The first-order chi connectivity index (χ1) is 17.0. The Kier molecular flexibility index (Phi) is 7.48. The summed E-state index contributed by atoms with van der Waals surface area (Å²) in [6.07, 6.45) is -1.09. The first-order valence-electron chi connectivity index (χ1n) is 10.4. The average Bonchev–Trinajstić information content (AvgIpc) is 3.47. The van der Waals surface area contributed by atoms with Gasteiger partial charge in [-0.3, -0.25) is 10.6 Å². The largest absolute Gasteiger partial charge is 0.453 e. The van der Waals surface area contributed by atoms with Gasteiger partial charge < -0.3 is 19.4 Å². The number of carbonyl (C=O) groups is 2. The molecular formula is C24H22N6O4S. The maximum absolute atomic E-state index is 11.2. The zero-order valence-corrected chi connectivity index (χ0v) is 19.7. The van der Waals surface area contributed by atoms with E-state index >= 15 is 0 Å². The summed E-state index contributed by atoms with van der Waals surface area (Å²) in [5.41, 5.74) is 3.33. The van der Waals surface area contributed by atoms with Crippen LogP contribution < -0.4 is 10.6 Å². The lowest BCUT2D eigenvalue weighted by atomic mass is 10.3. The summed E-state index contributed by atoms with van der Waals surface area (Å²) in [4.78, 5) is 38.7. The van der Waals surface area contributed by atoms with E-state index < -0.39 is 12.2 Å². The molecule has 0 aliphatic carbocycles. The van der Waals surface area contributed by atoms with Crippen LogP contribution in [0.2, 0.25) is 0 Å². The Labute approximate surface area is 204 Å². The zero-order chi connectivity index (χ0) is 24.6. The molecule has 3 aromatic carbocycles. The molecule has 11 heteroatoms. The zero-order valence-electron chi connectivity index (χ0n) is 18.9. The van der Waals surface area contributed by atoms with Crippen LogP contribution in [0, 0.1) is 0 Å². The Morgan fingerprint density at radius 3 is 1.91 bits per heavy atom. The van der Waals surface area contributed by atoms with Crippen molar-refractivity contribution in [3.05, 3.63) is 72.8 Å². The monoisotopic (exact) mass is 490 g/mol. The van der Waals surface area contributed by atoms with Gasteiger partial charge >= 0.3 is 12.2 Å². The number of aromatic amines is 2. The number of imidazole rings is 2. The van der Waals surface area contributed by atoms with Gasteiger partial charge in [-0.25, -0.2) is 19.6 Å². The molecule has 5 aromatic rings. The highest BCUT2D eigenvalue weighted by Gasteiger charge is 2.08. The van der Waals surface area contributed by atoms with Crippen LogP contribution in [0.1, 0.15) is 0 Å². The molecule has 2 heterocycles. The third-order valence-corrected chi connectivity index (χ3v) is 5.63. The summed E-state index contributed by atoms with van der Waals surface area (Å²) in [7, 11) is 2.62. The lowest BCUT2D eigenvalue weighted by Crippen LogP contribution is -2.11. The maximum atomic E-state index is 11.2. The van der Waals surface area contributed by atoms with Crippen molar-refractivity contribution in [2.45, 2.75) is 9.79 Å². The van der Waals surface area contributed by atoms with E-state index in [4.69, 9.17) is 0 Å². The molecule has 0 spiro atoms. The summed E-state index contributed by atoms with van der Waals surface area (Å²) in [5.74, 6) is 0.761. The average molecular weight is 491 g/mol. The maximum Gasteiger partial charge on any atom is 0.413 e. The normalized spacial score (nSPS) is 10.3. The number of ether oxygens (including phenoxy) is 2. The predicted octanol–water partition coefficient (Wildman–Crippen LogP) is 5.63. The van der Waals surface area contributed by atoms with Gasteiger partial charge in [0.1, 0.15) is 0 Å². The van der Waals surface area contributed by atoms with Gasteiger partial charge in [0.25, 0.3) is 0 Å². The molecule has 2 aromatic heterocycles. The number of hydrogen-bond acceptors (Lipinski definition) is 7. The van der Waals surface area contributed by atoms with Crippen LogP contribution in [0.15, 0.2) is 82.6 Å². The fourth-order valence-electron chi connectivity index (χ4n) is 3.04. The summed E-state index contributed by atoms with van der Waals surface area (Å²) in [6.45, 7) is 0. The van der Waals surface area contributed by atoms with E-state index in [0.29, 0.717) is 11.9 Å². The summed E-state index contributed by atoms with van der Waals surface area (Å²) in [6, 6.07) is 23.6. The van der Waals surface area contributed by atoms with Crippen LogP contribution in [-0.4, -0.2) is 46.3 Å². The summed E-state index contributed by atoms with van der Waals surface area (Å²) < 4.78 is 8.98. The van der Waals surface area contributed by atoms with Gasteiger partial charge in [-0.1, -0.05) is 42.1 Å². The Balaban J connectivity index is 0.000000179. The van der Waals surface area contributed by atoms with Crippen LogP contribution in [-0.2, 0) is 9.47 Å². The topological polar surface area (TPSA) is 134 Å². The van der Waals surface area contributed by atoms with E-state index in [1.165, 1.54) is 19.1 Å². The van der Waals surface area contributed by atoms with E-state index in [-0.39, 0.29) is 0 Å². The number of para-hydroxylation sites is 2. The van der Waals surface area contributed by atoms with E-state index in [1.807, 2.05) is 60.7 Å². The minimum atomic E-state index is -0.548. The number of hydrogen-bond donors (Lipinski definition) is 4. The third kappa shape index (κ3) is 6.30. The Morgan fingerprint density at radius 1 is 0.714 bits per heavy atom. The summed E-state index contributed by atoms with van der Waals surface area (Å²) >= 11 is 1.67. The minimum Gasteiger partial charge on any atom is -0.453 e. The fourth-order valence-corrected chi connectivity index (χ4v) is 3.92. The van der Waals surface area contributed by atoms with Crippen LogP contribution in [0.5, 0.6) is 0 Å². The second-order valence-electron chi connectivity index (χ2n) is 7.02. The first kappa shape index (κ1) is 23.6. The Hall–Kier alpha value is -4.51. The van der Waals surface area contributed by atoms with Crippen molar-refractivity contribution < 1.29 is 19.1 Å². The third-order valence-electron chi connectivity index (χ3n) is 4.63. The molecule has 0 aliphatic heterocycles. The van der Waals surface area contributed by atoms with Gasteiger partial charge in [0, 0.05) is 9.79 Å². The number of benzene rings is 3. The van der Waals surface area contributed by atoms with Gasteiger partial charge in [0.15, 0.2) is 0 Å². The molecule has 2 amide bonds. The lowest BCUT2D eigenvalue weighted by Gasteiger charge is -2.00. The molecule has 0 radical (unpaired) electrons. The van der Waals surface area contributed by atoms with E-state index in [1.54, 1.807) is 11.8 Å². The molecule has 0 fully saturated rings. The highest BCUT2D eigenvalue weighted by molar-refractivity contribution is 7.99. The van der Waals surface area contributed by atoms with Crippen molar-refractivity contribution in [1.82, 2.24) is 19.9 Å². The molecule has 0 bridgehead atoms. The highest BCUT2D eigenvalue weighted by Crippen LogP contribution is 2.29. The standard InChI is InChI=1S/C15H13N3O2S.C9H9N3O2/c1-20-15(19)18-14-16-12-8-7-11(9-13(12)17-14)21-10-5-3-2-4-6-10;1-14-9(13)12-8-10-6-4-2-3-5-7(6)11-8/h2-9H,1H3,(H2,16,17,18,19);2-5H,1H3,(H2,10,11,12,13). The van der Waals surface area contributed by atoms with Crippen molar-refractivity contribution in [2.75, 3.05) is 24.9 Å². The molecule has 5 rings (SSSR count). The molecule has 0 unspecified atom stereocenters. The van der Waals surface area contributed by atoms with Gasteiger partial charge in [0.05, 0.1) is 36.3 Å². The molecule has 0 saturated carbocycles. The van der Waals surface area contributed by atoms with Crippen LogP contribution in [0.3, 0.4) is 0 Å². The molecule has 0 saturated heterocycles. The SMILES string of the molecule is COC(=O)Nc1nc2ccc(Sc3ccccc3)cc2[nH]1.COC(=O)Nc1nc2ccccc2[nH]1. The number of H-pyrrole nitrogens is 2. The second-order valence-corrected chi connectivity index (χ2v) is 8.16. The smallest absolute Gasteiger partial charge is 0.413 e. The predicted molar refractivity (Wildman–Crippen MR) is 135 cm³/mol. The Morgan fingerprint density at radius 2 is 1.29 bits per heavy atom. The van der Waals surface area contributed by atoms with E-state index in [9.17, 15) is 9.59 Å². The summed E-state index contributed by atoms with van der Waals surface area (Å²) in [5, 5.41) is 4.97. The van der Waals surface area contributed by atoms with Gasteiger partial charge in [-0.2, -0.15) is 0 Å². The van der Waals surface area contributed by atoms with Gasteiger partial charge in [-0.05, 0) is 42.5 Å². The molecule has 0 aliphatic rings. The van der Waals surface area contributed by atoms with Crippen LogP contribution in [0.25, 0.3) is 22.1 Å². The molecule has 35 heavy (non-hydrogen) atoms. The quantitative estimate of drug-likeness (QED) is 0.256. The van der Waals surface area contributed by atoms with Crippen molar-refractivity contribution in [1.29, 1.82) is 0 Å². The molecule has 4 N–H and O–H groups in total. The number of carbonyl (C=O) groups excluding carboxylic acids is 2. The highest BCUT2D eigenvalue weighted by atomic mass is 32.2. The molecule has 178 valence electrons. The number of anilines is 2. The van der Waals surface area contributed by atoms with E-state index in [2.05, 4.69) is 52.2 Å². The fraction of sp³-hybridized carbons (Fsp3) is 0.0833. The van der Waals surface area contributed by atoms with Crippen LogP contribution in [0.4, 0.5) is 21.5 Å². The van der Waals surface area contributed by atoms with Crippen molar-refractivity contribution in [3.8, 4) is 0 Å². The van der Waals surface area contributed by atoms with Gasteiger partial charge in [0.2, 0.25) is 11.9 Å². The number of fused-ring (bicyclic) bond motifs is 2. The molecule has 10 nitrogen and oxygen atoms in total. The number of aromatic nitrogens is 4. The Bertz CT molecular complexity index is 1420. The van der Waals surface area contributed by atoms with Crippen molar-refractivity contribution in [2.24, 2.45) is 0 Å². The van der Waals surface area contributed by atoms with Crippen molar-refractivity contribution in [3.63, 3.8) is 0 Å². The first-order valence-corrected chi connectivity index (χ1v) is 11.2. The number of methoxy groups -OCH3 is 2. The van der Waals surface area contributed by atoms with E-state index in [0.717, 1.165) is 27.0 Å². The van der Waals surface area contributed by atoms with Gasteiger partial charge in [-0.15, -0.1) is 0 Å². The number of nitrogens with one attached hydrogen (secondary N) is 4. The van der Waals surface area contributed by atoms with Crippen LogP contribution >= 0.6 is 11.8 Å². The lowest BCUT2D eigenvalue weighted by molar-refractivity contribution is 0.186. The number of rotatable bonds is 4. The number of amides is 2. The number of nitrogens with zero attached hydrogens (tertiary/aromatic N) is 2. The molecular weight excluding hydrogens is 468 g/mol.